The van der Waals surface area contributed by atoms with Crippen molar-refractivity contribution in [1.82, 2.24) is 5.43 Å². The highest BCUT2D eigenvalue weighted by atomic mass is 16.3. The van der Waals surface area contributed by atoms with E-state index in [9.17, 15) is 9.90 Å². The molecule has 0 fully saturated rings. The van der Waals surface area contributed by atoms with Gasteiger partial charge in [-0.1, -0.05) is 42.5 Å². The van der Waals surface area contributed by atoms with E-state index in [0.29, 0.717) is 11.3 Å². The summed E-state index contributed by atoms with van der Waals surface area (Å²) >= 11 is 0. The van der Waals surface area contributed by atoms with E-state index < -0.39 is 12.0 Å². The predicted molar refractivity (Wildman–Crippen MR) is 87.7 cm³/mol. The molecule has 2 rings (SSSR count). The van der Waals surface area contributed by atoms with Crippen molar-refractivity contribution < 1.29 is 9.90 Å². The first-order chi connectivity index (χ1) is 10.5. The van der Waals surface area contributed by atoms with Crippen LogP contribution in [-0.2, 0) is 4.79 Å². The minimum atomic E-state index is -1.22. The minimum Gasteiger partial charge on any atom is -0.378 e. The Bertz CT molecular complexity index is 693. The van der Waals surface area contributed by atoms with E-state index in [2.05, 4.69) is 10.5 Å². The Morgan fingerprint density at radius 1 is 1.09 bits per heavy atom. The van der Waals surface area contributed by atoms with Crippen LogP contribution in [0.4, 0.5) is 0 Å². The largest absolute Gasteiger partial charge is 0.378 e. The number of aryl methyl sites for hydroxylation is 2. The van der Waals surface area contributed by atoms with Gasteiger partial charge in [-0.05, 0) is 49.1 Å². The lowest BCUT2D eigenvalue weighted by atomic mass is 10.0. The van der Waals surface area contributed by atoms with E-state index in [0.717, 1.165) is 5.56 Å². The van der Waals surface area contributed by atoms with E-state index in [-0.39, 0.29) is 0 Å². The molecule has 0 bridgehead atoms. The van der Waals surface area contributed by atoms with Crippen molar-refractivity contribution in [2.24, 2.45) is 5.10 Å². The molecule has 0 saturated heterocycles. The number of hydrogen-bond acceptors (Lipinski definition) is 3. The highest BCUT2D eigenvalue weighted by molar-refractivity contribution is 5.99. The van der Waals surface area contributed by atoms with Gasteiger partial charge in [0, 0.05) is 0 Å². The number of nitrogens with zero attached hydrogens (tertiary/aromatic N) is 1. The summed E-state index contributed by atoms with van der Waals surface area (Å²) in [4.78, 5) is 11.9. The molecular formula is C18H20N2O2. The van der Waals surface area contributed by atoms with Crippen molar-refractivity contribution in [2.45, 2.75) is 26.9 Å². The molecule has 0 saturated carbocycles. The van der Waals surface area contributed by atoms with Crippen LogP contribution in [0, 0.1) is 13.8 Å². The van der Waals surface area contributed by atoms with Crippen molar-refractivity contribution in [3.63, 3.8) is 0 Å². The minimum absolute atomic E-state index is 0.541. The van der Waals surface area contributed by atoms with E-state index in [1.165, 1.54) is 11.1 Å². The monoisotopic (exact) mass is 296 g/mol. The summed E-state index contributed by atoms with van der Waals surface area (Å²) in [5.74, 6) is -0.547. The van der Waals surface area contributed by atoms with Gasteiger partial charge in [-0.3, -0.25) is 4.79 Å². The molecule has 0 aliphatic rings. The van der Waals surface area contributed by atoms with Crippen molar-refractivity contribution >= 4 is 11.6 Å². The Balaban J connectivity index is 2.07. The molecule has 2 aromatic rings. The third-order valence-electron chi connectivity index (χ3n) is 3.62. The normalized spacial score (nSPS) is 12.8. The van der Waals surface area contributed by atoms with Gasteiger partial charge in [0.15, 0.2) is 6.10 Å². The topological polar surface area (TPSA) is 61.7 Å². The summed E-state index contributed by atoms with van der Waals surface area (Å²) in [6, 6.07) is 14.8. The molecule has 0 aliphatic carbocycles. The quantitative estimate of drug-likeness (QED) is 0.673. The Morgan fingerprint density at radius 3 is 2.41 bits per heavy atom. The maximum atomic E-state index is 11.9. The molecule has 0 radical (unpaired) electrons. The zero-order valence-corrected chi connectivity index (χ0v) is 13.0. The van der Waals surface area contributed by atoms with Crippen molar-refractivity contribution in [3.8, 4) is 0 Å². The van der Waals surface area contributed by atoms with Gasteiger partial charge >= 0.3 is 0 Å². The number of aliphatic hydroxyl groups is 1. The molecule has 0 spiro atoms. The number of nitrogens with one attached hydrogen (secondary N) is 1. The van der Waals surface area contributed by atoms with Gasteiger partial charge in [0.1, 0.15) is 0 Å². The highest BCUT2D eigenvalue weighted by Crippen LogP contribution is 2.13. The van der Waals surface area contributed by atoms with Crippen molar-refractivity contribution in [2.75, 3.05) is 0 Å². The van der Waals surface area contributed by atoms with Gasteiger partial charge in [0.25, 0.3) is 5.91 Å². The third kappa shape index (κ3) is 3.80. The highest BCUT2D eigenvalue weighted by Gasteiger charge is 2.16. The summed E-state index contributed by atoms with van der Waals surface area (Å²) in [6.07, 6.45) is -1.22. The van der Waals surface area contributed by atoms with E-state index >= 15 is 0 Å². The second kappa shape index (κ2) is 7.00. The summed E-state index contributed by atoms with van der Waals surface area (Å²) in [5.41, 5.74) is 6.96. The number of carbonyl (C=O) groups excluding carboxylic acids is 1. The molecule has 0 unspecified atom stereocenters. The SMILES string of the molecule is C/C(=N/NC(=O)[C@@H](O)c1ccccc1)c1ccc(C)c(C)c1. The molecule has 0 aromatic heterocycles. The van der Waals surface area contributed by atoms with Gasteiger partial charge in [0.2, 0.25) is 0 Å². The number of carbonyl (C=O) groups is 1. The molecule has 22 heavy (non-hydrogen) atoms. The van der Waals surface area contributed by atoms with Crippen LogP contribution in [0.3, 0.4) is 0 Å². The molecule has 2 N–H and O–H groups in total. The van der Waals surface area contributed by atoms with Crippen molar-refractivity contribution in [1.29, 1.82) is 0 Å². The second-order valence-corrected chi connectivity index (χ2v) is 5.29. The number of aliphatic hydroxyl groups excluding tert-OH is 1. The molecule has 2 aromatic carbocycles. The number of rotatable bonds is 4. The summed E-state index contributed by atoms with van der Waals surface area (Å²) < 4.78 is 0. The molecule has 0 heterocycles. The number of amides is 1. The molecule has 4 heteroatoms. The lowest BCUT2D eigenvalue weighted by Gasteiger charge is -2.10. The molecule has 1 amide bonds. The van der Waals surface area contributed by atoms with Crippen LogP contribution >= 0.6 is 0 Å². The molecule has 0 aliphatic heterocycles. The first kappa shape index (κ1) is 15.9. The van der Waals surface area contributed by atoms with E-state index in [1.807, 2.05) is 45.0 Å². The first-order valence-corrected chi connectivity index (χ1v) is 7.14. The van der Waals surface area contributed by atoms with Crippen LogP contribution in [0.1, 0.15) is 35.3 Å². The third-order valence-corrected chi connectivity index (χ3v) is 3.62. The average molecular weight is 296 g/mol. The fraction of sp³-hybridized carbons (Fsp3) is 0.222. The van der Waals surface area contributed by atoms with Gasteiger partial charge in [-0.15, -0.1) is 0 Å². The second-order valence-electron chi connectivity index (χ2n) is 5.29. The van der Waals surface area contributed by atoms with E-state index in [4.69, 9.17) is 0 Å². The zero-order valence-electron chi connectivity index (χ0n) is 13.0. The standard InChI is InChI=1S/C18H20N2O2/c1-12-9-10-16(11-13(12)2)14(3)19-20-18(22)17(21)15-7-5-4-6-8-15/h4-11,17,21H,1-3H3,(H,20,22)/b19-14-/t17-/m0/s1. The van der Waals surface area contributed by atoms with Crippen LogP contribution in [0.15, 0.2) is 53.6 Å². The van der Waals surface area contributed by atoms with Crippen LogP contribution in [0.25, 0.3) is 0 Å². The number of benzene rings is 2. The van der Waals surface area contributed by atoms with Crippen LogP contribution < -0.4 is 5.43 Å². The Labute approximate surface area is 130 Å². The predicted octanol–water partition coefficient (Wildman–Crippen LogP) is 2.88. The van der Waals surface area contributed by atoms with Crippen LogP contribution in [0.5, 0.6) is 0 Å². The summed E-state index contributed by atoms with van der Waals surface area (Å²) in [6.45, 7) is 5.90. The van der Waals surface area contributed by atoms with Crippen LogP contribution in [-0.4, -0.2) is 16.7 Å². The maximum Gasteiger partial charge on any atom is 0.273 e. The van der Waals surface area contributed by atoms with Gasteiger partial charge in [-0.2, -0.15) is 5.10 Å². The zero-order chi connectivity index (χ0) is 16.1. The number of hydrogen-bond donors (Lipinski definition) is 2. The molecule has 1 atom stereocenters. The Morgan fingerprint density at radius 2 is 1.77 bits per heavy atom. The van der Waals surface area contributed by atoms with Gasteiger partial charge in [0.05, 0.1) is 5.71 Å². The van der Waals surface area contributed by atoms with Crippen LogP contribution in [0.2, 0.25) is 0 Å². The smallest absolute Gasteiger partial charge is 0.273 e. The van der Waals surface area contributed by atoms with Gasteiger partial charge in [-0.25, -0.2) is 5.43 Å². The average Bonchev–Trinajstić information content (AvgIpc) is 2.54. The molecule has 4 nitrogen and oxygen atoms in total. The summed E-state index contributed by atoms with van der Waals surface area (Å²) in [5, 5.41) is 14.0. The first-order valence-electron chi connectivity index (χ1n) is 7.14. The molecular weight excluding hydrogens is 276 g/mol. The summed E-state index contributed by atoms with van der Waals surface area (Å²) in [7, 11) is 0. The van der Waals surface area contributed by atoms with Gasteiger partial charge < -0.3 is 5.11 Å². The maximum absolute atomic E-state index is 11.9. The Kier molecular flexibility index (Phi) is 5.07. The Hall–Kier alpha value is -2.46. The lowest BCUT2D eigenvalue weighted by Crippen LogP contribution is -2.26. The number of hydrazone groups is 1. The fourth-order valence-electron chi connectivity index (χ4n) is 2.02. The molecule has 114 valence electrons. The van der Waals surface area contributed by atoms with E-state index in [1.54, 1.807) is 24.3 Å². The fourth-order valence-corrected chi connectivity index (χ4v) is 2.02. The van der Waals surface area contributed by atoms with Crippen molar-refractivity contribution in [3.05, 3.63) is 70.8 Å². The lowest BCUT2D eigenvalue weighted by molar-refractivity contribution is -0.129.